The second-order valence-electron chi connectivity index (χ2n) is 6.69. The van der Waals surface area contributed by atoms with Gasteiger partial charge in [0.15, 0.2) is 0 Å². The molecule has 0 unspecified atom stereocenters. The molecule has 0 atom stereocenters. The number of nitriles is 1. The Morgan fingerprint density at radius 3 is 2.50 bits per heavy atom. The molecule has 5 nitrogen and oxygen atoms in total. The highest BCUT2D eigenvalue weighted by Gasteiger charge is 2.25. The van der Waals surface area contributed by atoms with Gasteiger partial charge in [-0.3, -0.25) is 0 Å². The number of hydrogen-bond acceptors (Lipinski definition) is 4. The summed E-state index contributed by atoms with van der Waals surface area (Å²) in [4.78, 5) is 13.1. The third-order valence-electron chi connectivity index (χ3n) is 4.96. The van der Waals surface area contributed by atoms with Crippen molar-refractivity contribution in [2.24, 2.45) is 0 Å². The third-order valence-corrected chi connectivity index (χ3v) is 4.96. The fraction of sp³-hybridized carbons (Fsp3) is 0.120. The number of carbonyl (C=O) groups is 1. The van der Waals surface area contributed by atoms with Crippen LogP contribution in [0.5, 0.6) is 5.75 Å². The van der Waals surface area contributed by atoms with E-state index in [1.807, 2.05) is 65.2 Å². The zero-order valence-electron chi connectivity index (χ0n) is 16.8. The second kappa shape index (κ2) is 8.14. The first kappa shape index (κ1) is 19.3. The van der Waals surface area contributed by atoms with Crippen LogP contribution in [0.3, 0.4) is 0 Å². The molecule has 148 valence electrons. The molecule has 5 heteroatoms. The van der Waals surface area contributed by atoms with Crippen molar-refractivity contribution in [2.45, 2.75) is 6.92 Å². The molecule has 0 saturated heterocycles. The molecule has 1 aromatic heterocycles. The minimum absolute atomic E-state index is 0.265. The molecule has 0 aliphatic rings. The molecular weight excluding hydrogens is 376 g/mol. The average molecular weight is 396 g/mol. The lowest BCUT2D eigenvalue weighted by Crippen LogP contribution is -2.12. The molecule has 0 fully saturated rings. The third kappa shape index (κ3) is 3.29. The van der Waals surface area contributed by atoms with E-state index in [1.54, 1.807) is 26.2 Å². The normalized spacial score (nSPS) is 10.6. The summed E-state index contributed by atoms with van der Waals surface area (Å²) >= 11 is 0. The van der Waals surface area contributed by atoms with Crippen LogP contribution in [-0.2, 0) is 4.74 Å². The quantitative estimate of drug-likeness (QED) is 0.426. The Labute approximate surface area is 174 Å². The Hall–Kier alpha value is -4.04. The molecule has 4 aromatic rings. The number of rotatable bonds is 5. The number of methoxy groups -OCH3 is 1. The van der Waals surface area contributed by atoms with Crippen molar-refractivity contribution in [3.05, 3.63) is 84.1 Å². The van der Waals surface area contributed by atoms with Gasteiger partial charge in [0.1, 0.15) is 11.4 Å². The van der Waals surface area contributed by atoms with E-state index in [9.17, 15) is 10.1 Å². The van der Waals surface area contributed by atoms with Gasteiger partial charge in [-0.2, -0.15) is 5.26 Å². The predicted octanol–water partition coefficient (Wildman–Crippen LogP) is 5.35. The monoisotopic (exact) mass is 396 g/mol. The van der Waals surface area contributed by atoms with E-state index >= 15 is 0 Å². The largest absolute Gasteiger partial charge is 0.497 e. The lowest BCUT2D eigenvalue weighted by atomic mass is 10.0. The fourth-order valence-corrected chi connectivity index (χ4v) is 3.67. The van der Waals surface area contributed by atoms with E-state index in [2.05, 4.69) is 6.07 Å². The number of benzene rings is 3. The molecule has 30 heavy (non-hydrogen) atoms. The maximum absolute atomic E-state index is 13.1. The zero-order valence-corrected chi connectivity index (χ0v) is 16.8. The summed E-state index contributed by atoms with van der Waals surface area (Å²) in [6.07, 6.45) is 0. The number of carbonyl (C=O) groups excluding carboxylic acids is 1. The highest BCUT2D eigenvalue weighted by Crippen LogP contribution is 2.38. The molecule has 1 heterocycles. The minimum Gasteiger partial charge on any atom is -0.497 e. The fourth-order valence-electron chi connectivity index (χ4n) is 3.67. The molecule has 0 radical (unpaired) electrons. The summed E-state index contributed by atoms with van der Waals surface area (Å²) in [5.74, 6) is 0.323. The van der Waals surface area contributed by atoms with E-state index in [0.29, 0.717) is 11.3 Å². The maximum atomic E-state index is 13.1. The van der Waals surface area contributed by atoms with Gasteiger partial charge in [0.25, 0.3) is 0 Å². The Balaban J connectivity index is 2.09. The van der Waals surface area contributed by atoms with Crippen molar-refractivity contribution in [2.75, 3.05) is 13.7 Å². The van der Waals surface area contributed by atoms with Gasteiger partial charge in [0.05, 0.1) is 30.9 Å². The number of esters is 1. The van der Waals surface area contributed by atoms with Crippen LogP contribution in [0, 0.1) is 11.3 Å². The van der Waals surface area contributed by atoms with Gasteiger partial charge in [-0.25, -0.2) is 4.79 Å². The van der Waals surface area contributed by atoms with Crippen molar-refractivity contribution in [3.63, 3.8) is 0 Å². The standard InChI is InChI=1S/C25H20N2O3/c1-3-30-25(28)24-23(18-11-13-20(29-2)14-12-18)21-9-4-5-10-22(21)27(24)19-8-6-7-17(15-19)16-26/h4-15H,3H2,1-2H3. The first-order valence-corrected chi connectivity index (χ1v) is 9.63. The smallest absolute Gasteiger partial charge is 0.355 e. The van der Waals surface area contributed by atoms with Crippen molar-refractivity contribution in [1.82, 2.24) is 4.57 Å². The summed E-state index contributed by atoms with van der Waals surface area (Å²) < 4.78 is 12.6. The van der Waals surface area contributed by atoms with E-state index in [4.69, 9.17) is 9.47 Å². The van der Waals surface area contributed by atoms with Gasteiger partial charge in [0.2, 0.25) is 0 Å². The van der Waals surface area contributed by atoms with Crippen LogP contribution in [0.4, 0.5) is 0 Å². The number of fused-ring (bicyclic) bond motifs is 1. The summed E-state index contributed by atoms with van der Waals surface area (Å²) in [6.45, 7) is 2.05. The Morgan fingerprint density at radius 1 is 1.03 bits per heavy atom. The van der Waals surface area contributed by atoms with Crippen molar-refractivity contribution in [3.8, 4) is 28.6 Å². The summed E-state index contributed by atoms with van der Waals surface area (Å²) in [6, 6.07) is 24.8. The van der Waals surface area contributed by atoms with Crippen LogP contribution in [-0.4, -0.2) is 24.3 Å². The maximum Gasteiger partial charge on any atom is 0.355 e. The number of para-hydroxylation sites is 1. The topological polar surface area (TPSA) is 64.2 Å². The van der Waals surface area contributed by atoms with Crippen LogP contribution in [0.2, 0.25) is 0 Å². The summed E-state index contributed by atoms with van der Waals surface area (Å²) in [7, 11) is 1.62. The van der Waals surface area contributed by atoms with Crippen LogP contribution < -0.4 is 4.74 Å². The van der Waals surface area contributed by atoms with Gasteiger partial charge in [-0.15, -0.1) is 0 Å². The van der Waals surface area contributed by atoms with Crippen LogP contribution in [0.25, 0.3) is 27.7 Å². The van der Waals surface area contributed by atoms with Crippen molar-refractivity contribution >= 4 is 16.9 Å². The van der Waals surface area contributed by atoms with E-state index < -0.39 is 5.97 Å². The van der Waals surface area contributed by atoms with Gasteiger partial charge in [-0.1, -0.05) is 36.4 Å². The van der Waals surface area contributed by atoms with E-state index in [0.717, 1.165) is 33.5 Å². The van der Waals surface area contributed by atoms with Crippen molar-refractivity contribution in [1.29, 1.82) is 5.26 Å². The van der Waals surface area contributed by atoms with Crippen LogP contribution in [0.15, 0.2) is 72.8 Å². The second-order valence-corrected chi connectivity index (χ2v) is 6.69. The van der Waals surface area contributed by atoms with Crippen LogP contribution in [0.1, 0.15) is 23.0 Å². The van der Waals surface area contributed by atoms with Gasteiger partial charge < -0.3 is 14.0 Å². The SMILES string of the molecule is CCOC(=O)c1c(-c2ccc(OC)cc2)c2ccccc2n1-c1cccc(C#N)c1. The van der Waals surface area contributed by atoms with E-state index in [-0.39, 0.29) is 6.61 Å². The molecule has 0 amide bonds. The van der Waals surface area contributed by atoms with Gasteiger partial charge in [0, 0.05) is 16.6 Å². The highest BCUT2D eigenvalue weighted by atomic mass is 16.5. The predicted molar refractivity (Wildman–Crippen MR) is 116 cm³/mol. The number of nitrogens with zero attached hydrogens (tertiary/aromatic N) is 2. The van der Waals surface area contributed by atoms with E-state index in [1.165, 1.54) is 0 Å². The van der Waals surface area contributed by atoms with Crippen molar-refractivity contribution < 1.29 is 14.3 Å². The summed E-state index contributed by atoms with van der Waals surface area (Å²) in [5.41, 5.74) is 4.21. The lowest BCUT2D eigenvalue weighted by Gasteiger charge is -2.12. The molecule has 0 N–H and O–H groups in total. The molecule has 0 aliphatic carbocycles. The molecule has 0 bridgehead atoms. The Bertz CT molecular complexity index is 1260. The zero-order chi connectivity index (χ0) is 21.1. The molecule has 3 aromatic carbocycles. The average Bonchev–Trinajstić information content (AvgIpc) is 3.14. The summed E-state index contributed by atoms with van der Waals surface area (Å²) in [5, 5.41) is 10.3. The number of ether oxygens (including phenoxy) is 2. The lowest BCUT2D eigenvalue weighted by molar-refractivity contribution is 0.0518. The first-order chi connectivity index (χ1) is 14.7. The number of aromatic nitrogens is 1. The minimum atomic E-state index is -0.415. The first-order valence-electron chi connectivity index (χ1n) is 9.63. The molecule has 0 saturated carbocycles. The molecule has 0 spiro atoms. The molecular formula is C25H20N2O3. The highest BCUT2D eigenvalue weighted by molar-refractivity contribution is 6.09. The number of hydrogen-bond donors (Lipinski definition) is 0. The Kier molecular flexibility index (Phi) is 5.23. The molecule has 0 aliphatic heterocycles. The van der Waals surface area contributed by atoms with Gasteiger partial charge in [-0.05, 0) is 48.9 Å². The Morgan fingerprint density at radius 2 is 1.80 bits per heavy atom. The molecule has 4 rings (SSSR count). The van der Waals surface area contributed by atoms with Crippen LogP contribution >= 0.6 is 0 Å². The van der Waals surface area contributed by atoms with Gasteiger partial charge >= 0.3 is 5.97 Å².